The number of benzene rings is 1. The molecule has 4 aromatic heterocycles. The van der Waals surface area contributed by atoms with Crippen LogP contribution in [0.15, 0.2) is 60.0 Å². The minimum Gasteiger partial charge on any atom is -0.475 e. The second kappa shape index (κ2) is 11.1. The van der Waals surface area contributed by atoms with Crippen molar-refractivity contribution < 1.29 is 23.1 Å². The summed E-state index contributed by atoms with van der Waals surface area (Å²) in [5.74, 6) is -2.18. The van der Waals surface area contributed by atoms with Crippen LogP contribution in [0.5, 0.6) is 0 Å². The van der Waals surface area contributed by atoms with Gasteiger partial charge in [-0.15, -0.1) is 0 Å². The van der Waals surface area contributed by atoms with Gasteiger partial charge in [0.2, 0.25) is 0 Å². The second-order valence-corrected chi connectivity index (χ2v) is 9.31. The first-order chi connectivity index (χ1) is 19.7. The second-order valence-electron chi connectivity index (χ2n) is 9.31. The third-order valence-electron chi connectivity index (χ3n) is 6.76. The maximum absolute atomic E-state index is 12.7. The lowest BCUT2D eigenvalue weighted by Crippen LogP contribution is -2.30. The van der Waals surface area contributed by atoms with Gasteiger partial charge in [-0.05, 0) is 24.6 Å². The molecule has 0 amide bonds. The highest BCUT2D eigenvalue weighted by molar-refractivity contribution is 5.90. The van der Waals surface area contributed by atoms with Crippen LogP contribution in [0.25, 0.3) is 33.3 Å². The normalized spacial score (nSPS) is 15.9. The number of nitrogens with one attached hydrogen (secondary N) is 2. The van der Waals surface area contributed by atoms with E-state index in [1.54, 1.807) is 6.20 Å². The molecule has 0 radical (unpaired) electrons. The third kappa shape index (κ3) is 5.71. The Morgan fingerprint density at radius 3 is 2.78 bits per heavy atom. The van der Waals surface area contributed by atoms with Crippen molar-refractivity contribution in [1.82, 2.24) is 34.7 Å². The number of carboxylic acid groups (broad SMARTS) is 1. The van der Waals surface area contributed by atoms with E-state index in [1.807, 2.05) is 52.3 Å². The maximum Gasteiger partial charge on any atom is 0.490 e. The molecule has 1 aromatic carbocycles. The Morgan fingerprint density at radius 2 is 2.02 bits per heavy atom. The zero-order chi connectivity index (χ0) is 29.1. The van der Waals surface area contributed by atoms with Gasteiger partial charge in [0.15, 0.2) is 5.82 Å². The van der Waals surface area contributed by atoms with E-state index in [9.17, 15) is 23.2 Å². The topological polar surface area (TPSA) is 169 Å². The molecule has 1 aliphatic rings. The Morgan fingerprint density at radius 1 is 1.24 bits per heavy atom. The molecule has 210 valence electrons. The van der Waals surface area contributed by atoms with Crippen molar-refractivity contribution in [3.05, 3.63) is 65.6 Å². The SMILES string of the molecule is N#CCC(C1CCN(c2nc3ccccc3[nH]c2=O)C1)n1cc(-c2ncnc3[nH]ccc23)cn1.O=C(O)C(F)(F)F. The fourth-order valence-electron chi connectivity index (χ4n) is 4.84. The van der Waals surface area contributed by atoms with Crippen molar-refractivity contribution in [2.45, 2.75) is 25.1 Å². The average Bonchev–Trinajstić information content (AvgIpc) is 3.72. The van der Waals surface area contributed by atoms with E-state index in [0.717, 1.165) is 39.7 Å². The number of anilines is 1. The minimum absolute atomic E-state index is 0.119. The monoisotopic (exact) mass is 565 g/mol. The van der Waals surface area contributed by atoms with Crippen LogP contribution in [-0.2, 0) is 4.79 Å². The molecule has 0 bridgehead atoms. The number of halogens is 3. The van der Waals surface area contributed by atoms with Gasteiger partial charge in [0, 0.05) is 42.4 Å². The summed E-state index contributed by atoms with van der Waals surface area (Å²) in [7, 11) is 0. The molecule has 41 heavy (non-hydrogen) atoms. The van der Waals surface area contributed by atoms with Gasteiger partial charge in [-0.1, -0.05) is 12.1 Å². The van der Waals surface area contributed by atoms with E-state index in [4.69, 9.17) is 9.90 Å². The van der Waals surface area contributed by atoms with Crippen LogP contribution in [-0.4, -0.2) is 65.0 Å². The molecule has 0 spiro atoms. The molecule has 5 aromatic rings. The van der Waals surface area contributed by atoms with Crippen LogP contribution in [0.3, 0.4) is 0 Å². The molecule has 15 heteroatoms. The lowest BCUT2D eigenvalue weighted by atomic mass is 9.96. The van der Waals surface area contributed by atoms with Gasteiger partial charge in [0.1, 0.15) is 12.0 Å². The predicted octanol–water partition coefficient (Wildman–Crippen LogP) is 3.67. The van der Waals surface area contributed by atoms with Crippen LogP contribution < -0.4 is 10.5 Å². The van der Waals surface area contributed by atoms with E-state index in [1.165, 1.54) is 6.33 Å². The molecule has 5 heterocycles. The van der Waals surface area contributed by atoms with Gasteiger partial charge in [-0.3, -0.25) is 9.48 Å². The number of carbonyl (C=O) groups is 1. The number of rotatable bonds is 5. The first-order valence-electron chi connectivity index (χ1n) is 12.4. The van der Waals surface area contributed by atoms with Crippen LogP contribution in [0.2, 0.25) is 0 Å². The first-order valence-corrected chi connectivity index (χ1v) is 12.4. The molecular weight excluding hydrogens is 543 g/mol. The molecular formula is C26H22F3N9O3. The van der Waals surface area contributed by atoms with Gasteiger partial charge >= 0.3 is 12.1 Å². The Balaban J connectivity index is 0.000000431. The lowest BCUT2D eigenvalue weighted by Gasteiger charge is -2.22. The van der Waals surface area contributed by atoms with Crippen molar-refractivity contribution in [1.29, 1.82) is 5.26 Å². The van der Waals surface area contributed by atoms with Crippen molar-refractivity contribution in [3.63, 3.8) is 0 Å². The average molecular weight is 566 g/mol. The number of aliphatic carboxylic acids is 1. The van der Waals surface area contributed by atoms with Gasteiger partial charge in [0.25, 0.3) is 5.56 Å². The van der Waals surface area contributed by atoms with Crippen molar-refractivity contribution in [2.75, 3.05) is 18.0 Å². The number of fused-ring (bicyclic) bond motifs is 2. The van der Waals surface area contributed by atoms with Crippen LogP contribution >= 0.6 is 0 Å². The van der Waals surface area contributed by atoms with Gasteiger partial charge in [-0.2, -0.15) is 23.5 Å². The summed E-state index contributed by atoms with van der Waals surface area (Å²) < 4.78 is 33.6. The molecule has 1 fully saturated rings. The van der Waals surface area contributed by atoms with Crippen LogP contribution in [0, 0.1) is 17.2 Å². The van der Waals surface area contributed by atoms with E-state index in [2.05, 4.69) is 36.1 Å². The number of nitrogens with zero attached hydrogens (tertiary/aromatic N) is 7. The van der Waals surface area contributed by atoms with E-state index in [0.29, 0.717) is 25.3 Å². The van der Waals surface area contributed by atoms with Crippen LogP contribution in [0.1, 0.15) is 18.9 Å². The number of para-hydroxylation sites is 2. The van der Waals surface area contributed by atoms with Gasteiger partial charge in [-0.25, -0.2) is 19.7 Å². The Labute approximate surface area is 229 Å². The maximum atomic E-state index is 12.7. The number of carboxylic acids is 1. The molecule has 1 saturated heterocycles. The van der Waals surface area contributed by atoms with Crippen molar-refractivity contribution in [2.24, 2.45) is 5.92 Å². The van der Waals surface area contributed by atoms with E-state index < -0.39 is 12.1 Å². The summed E-state index contributed by atoms with van der Waals surface area (Å²) in [6.07, 6.45) is 3.17. The summed E-state index contributed by atoms with van der Waals surface area (Å²) in [5.41, 5.74) is 3.72. The smallest absolute Gasteiger partial charge is 0.475 e. The molecule has 3 N–H and O–H groups in total. The number of alkyl halides is 3. The fourth-order valence-corrected chi connectivity index (χ4v) is 4.84. The number of H-pyrrole nitrogens is 2. The zero-order valence-corrected chi connectivity index (χ0v) is 21.2. The summed E-state index contributed by atoms with van der Waals surface area (Å²) in [6, 6.07) is 11.7. The molecule has 12 nitrogen and oxygen atoms in total. The summed E-state index contributed by atoms with van der Waals surface area (Å²) in [5, 5.41) is 22.2. The van der Waals surface area contributed by atoms with Gasteiger partial charge in [0.05, 0.1) is 41.5 Å². The number of aromatic nitrogens is 7. The number of hydrogen-bond donors (Lipinski definition) is 3. The highest BCUT2D eigenvalue weighted by Crippen LogP contribution is 2.33. The third-order valence-corrected chi connectivity index (χ3v) is 6.76. The summed E-state index contributed by atoms with van der Waals surface area (Å²) >= 11 is 0. The predicted molar refractivity (Wildman–Crippen MR) is 141 cm³/mol. The number of hydrogen-bond acceptors (Lipinski definition) is 8. The molecule has 6 rings (SSSR count). The summed E-state index contributed by atoms with van der Waals surface area (Å²) in [4.78, 5) is 42.9. The molecule has 1 aliphatic heterocycles. The largest absolute Gasteiger partial charge is 0.490 e. The molecule has 0 aliphatic carbocycles. The van der Waals surface area contributed by atoms with E-state index in [-0.39, 0.29) is 17.5 Å². The standard InChI is InChI=1S/C24H21N9O.C2HF3O2/c25-8-5-20(33-13-16(11-29-33)21-17-6-9-26-22(17)28-14-27-21)15-7-10-32(12-15)23-24(34)31-19-4-2-1-3-18(19)30-23;3-2(4,5)1(6)7/h1-4,6,9,11,13-15,20H,5,7,10,12H2,(H,31,34)(H,26,27,28);(H,6,7). The van der Waals surface area contributed by atoms with Crippen molar-refractivity contribution in [3.8, 4) is 17.3 Å². The highest BCUT2D eigenvalue weighted by Gasteiger charge is 2.38. The number of nitriles is 1. The fraction of sp³-hybridized carbons (Fsp3) is 0.269. The minimum atomic E-state index is -5.08. The zero-order valence-electron chi connectivity index (χ0n) is 21.2. The summed E-state index contributed by atoms with van der Waals surface area (Å²) in [6.45, 7) is 1.33. The molecule has 2 unspecified atom stereocenters. The lowest BCUT2D eigenvalue weighted by molar-refractivity contribution is -0.192. The number of aromatic amines is 2. The quantitative estimate of drug-likeness (QED) is 0.288. The van der Waals surface area contributed by atoms with Crippen LogP contribution in [0.4, 0.5) is 19.0 Å². The highest BCUT2D eigenvalue weighted by atomic mass is 19.4. The van der Waals surface area contributed by atoms with E-state index >= 15 is 0 Å². The first kappa shape index (κ1) is 27.3. The Bertz CT molecular complexity index is 1800. The Kier molecular flexibility index (Phi) is 7.38. The molecule has 0 saturated carbocycles. The van der Waals surface area contributed by atoms with Gasteiger partial charge < -0.3 is 20.0 Å². The Hall–Kier alpha value is -5.26. The molecule has 2 atom stereocenters. The van der Waals surface area contributed by atoms with Crippen molar-refractivity contribution >= 4 is 33.9 Å².